The molecule has 19 heavy (non-hydrogen) atoms. The second-order valence-electron chi connectivity index (χ2n) is 5.27. The van der Waals surface area contributed by atoms with E-state index in [1.54, 1.807) is 11.3 Å². The fraction of sp³-hybridized carbons (Fsp3) is 0.538. The summed E-state index contributed by atoms with van der Waals surface area (Å²) in [5, 5.41) is 0.910. The minimum Gasteiger partial charge on any atom is -0.475 e. The van der Waals surface area contributed by atoms with E-state index in [4.69, 9.17) is 15.2 Å². The molecule has 0 aromatic carbocycles. The summed E-state index contributed by atoms with van der Waals surface area (Å²) in [5.74, 6) is 0.769. The molecule has 0 amide bonds. The number of nitrogens with two attached hydrogens (primary N) is 1. The first-order valence-electron chi connectivity index (χ1n) is 6.15. The number of thiophene rings is 1. The summed E-state index contributed by atoms with van der Waals surface area (Å²) in [6, 6.07) is 2.01. The molecule has 6 heteroatoms. The fourth-order valence-corrected chi connectivity index (χ4v) is 2.50. The molecule has 0 spiro atoms. The molecule has 0 fully saturated rings. The Bertz CT molecular complexity index is 575. The Hall–Kier alpha value is -1.40. The maximum Gasteiger partial charge on any atom is 0.227 e. The second-order valence-corrected chi connectivity index (χ2v) is 6.51. The molecule has 0 aliphatic carbocycles. The zero-order valence-corrected chi connectivity index (χ0v) is 12.5. The fourth-order valence-electron chi connectivity index (χ4n) is 1.63. The van der Waals surface area contributed by atoms with Gasteiger partial charge in [0.2, 0.25) is 11.8 Å². The van der Waals surface area contributed by atoms with Crippen LogP contribution in [-0.4, -0.2) is 28.8 Å². The number of rotatable bonds is 4. The molecule has 0 bridgehead atoms. The van der Waals surface area contributed by atoms with Crippen molar-refractivity contribution in [3.63, 3.8) is 0 Å². The minimum absolute atomic E-state index is 0.164. The molecular weight excluding hydrogens is 262 g/mol. The van der Waals surface area contributed by atoms with Gasteiger partial charge in [0.1, 0.15) is 11.4 Å². The van der Waals surface area contributed by atoms with Crippen LogP contribution in [0.5, 0.6) is 5.88 Å². The molecule has 2 heterocycles. The van der Waals surface area contributed by atoms with Gasteiger partial charge in [0.15, 0.2) is 0 Å². The van der Waals surface area contributed by atoms with Crippen LogP contribution in [0.2, 0.25) is 0 Å². The van der Waals surface area contributed by atoms with Gasteiger partial charge in [-0.2, -0.15) is 4.98 Å². The molecule has 0 atom stereocenters. The van der Waals surface area contributed by atoms with E-state index in [0.29, 0.717) is 19.1 Å². The Morgan fingerprint density at radius 2 is 2.00 bits per heavy atom. The average molecular weight is 281 g/mol. The van der Waals surface area contributed by atoms with Gasteiger partial charge in [-0.1, -0.05) is 0 Å². The normalized spacial score (nSPS) is 12.0. The lowest BCUT2D eigenvalue weighted by Gasteiger charge is -2.19. The van der Waals surface area contributed by atoms with Crippen LogP contribution in [-0.2, 0) is 4.74 Å². The van der Waals surface area contributed by atoms with Crippen molar-refractivity contribution in [1.29, 1.82) is 0 Å². The third-order valence-corrected chi connectivity index (χ3v) is 3.30. The van der Waals surface area contributed by atoms with Crippen LogP contribution in [0.1, 0.15) is 25.6 Å². The van der Waals surface area contributed by atoms with Crippen molar-refractivity contribution < 1.29 is 9.47 Å². The summed E-state index contributed by atoms with van der Waals surface area (Å²) in [4.78, 5) is 10.4. The maximum atomic E-state index is 5.68. The summed E-state index contributed by atoms with van der Waals surface area (Å²) in [6.45, 7) is 9.01. The predicted molar refractivity (Wildman–Crippen MR) is 77.8 cm³/mol. The monoisotopic (exact) mass is 281 g/mol. The molecule has 104 valence electrons. The Morgan fingerprint density at radius 3 is 2.68 bits per heavy atom. The van der Waals surface area contributed by atoms with Crippen LogP contribution in [0.15, 0.2) is 6.07 Å². The van der Waals surface area contributed by atoms with E-state index in [-0.39, 0.29) is 11.5 Å². The highest BCUT2D eigenvalue weighted by Crippen LogP contribution is 2.30. The SMILES string of the molecule is Cc1cc2c(OCCOC(C)(C)C)nc(N)nc2s1. The van der Waals surface area contributed by atoms with Crippen molar-refractivity contribution in [1.82, 2.24) is 9.97 Å². The largest absolute Gasteiger partial charge is 0.475 e. The van der Waals surface area contributed by atoms with Crippen molar-refractivity contribution in [3.05, 3.63) is 10.9 Å². The molecule has 0 radical (unpaired) electrons. The van der Waals surface area contributed by atoms with Crippen molar-refractivity contribution >= 4 is 27.5 Å². The van der Waals surface area contributed by atoms with Crippen molar-refractivity contribution in [2.45, 2.75) is 33.3 Å². The van der Waals surface area contributed by atoms with E-state index in [1.807, 2.05) is 33.8 Å². The van der Waals surface area contributed by atoms with Crippen molar-refractivity contribution in [2.24, 2.45) is 0 Å². The first kappa shape index (κ1) is 14.0. The Balaban J connectivity index is 2.07. The molecule has 0 aliphatic heterocycles. The quantitative estimate of drug-likeness (QED) is 0.873. The molecule has 0 saturated heterocycles. The number of anilines is 1. The summed E-state index contributed by atoms with van der Waals surface area (Å²) >= 11 is 1.58. The third kappa shape index (κ3) is 3.78. The van der Waals surface area contributed by atoms with E-state index >= 15 is 0 Å². The van der Waals surface area contributed by atoms with Gasteiger partial charge >= 0.3 is 0 Å². The molecular formula is C13H19N3O2S. The van der Waals surface area contributed by atoms with Crippen LogP contribution in [0.4, 0.5) is 5.95 Å². The Morgan fingerprint density at radius 1 is 1.26 bits per heavy atom. The number of aryl methyl sites for hydroxylation is 1. The molecule has 2 N–H and O–H groups in total. The van der Waals surface area contributed by atoms with E-state index in [2.05, 4.69) is 9.97 Å². The van der Waals surface area contributed by atoms with Crippen LogP contribution in [0, 0.1) is 6.92 Å². The molecule has 0 aliphatic rings. The first-order valence-corrected chi connectivity index (χ1v) is 6.97. The zero-order valence-electron chi connectivity index (χ0n) is 11.7. The molecule has 2 rings (SSSR count). The van der Waals surface area contributed by atoms with Gasteiger partial charge in [0.05, 0.1) is 17.6 Å². The summed E-state index contributed by atoms with van der Waals surface area (Å²) in [6.07, 6.45) is 0. The lowest BCUT2D eigenvalue weighted by molar-refractivity contribution is -0.0166. The molecule has 0 saturated carbocycles. The lowest BCUT2D eigenvalue weighted by Crippen LogP contribution is -2.22. The third-order valence-electron chi connectivity index (χ3n) is 2.36. The van der Waals surface area contributed by atoms with Crippen LogP contribution >= 0.6 is 11.3 Å². The van der Waals surface area contributed by atoms with E-state index < -0.39 is 0 Å². The number of nitrogens with zero attached hydrogens (tertiary/aromatic N) is 2. The van der Waals surface area contributed by atoms with E-state index in [0.717, 1.165) is 15.1 Å². The van der Waals surface area contributed by atoms with Gasteiger partial charge in [0.25, 0.3) is 0 Å². The number of hydrogen-bond donors (Lipinski definition) is 1. The highest BCUT2D eigenvalue weighted by molar-refractivity contribution is 7.18. The van der Waals surface area contributed by atoms with Crippen LogP contribution in [0.3, 0.4) is 0 Å². The Kier molecular flexibility index (Phi) is 3.91. The van der Waals surface area contributed by atoms with Gasteiger partial charge in [-0.3, -0.25) is 0 Å². The topological polar surface area (TPSA) is 70.3 Å². The molecule has 2 aromatic rings. The number of nitrogen functional groups attached to an aromatic ring is 1. The summed E-state index contributed by atoms with van der Waals surface area (Å²) in [7, 11) is 0. The van der Waals surface area contributed by atoms with Gasteiger partial charge in [0, 0.05) is 4.88 Å². The number of ether oxygens (including phenoxy) is 2. The Labute approximate surface area is 116 Å². The zero-order chi connectivity index (χ0) is 14.0. The van der Waals surface area contributed by atoms with Gasteiger partial charge in [-0.15, -0.1) is 11.3 Å². The van der Waals surface area contributed by atoms with E-state index in [1.165, 1.54) is 0 Å². The maximum absolute atomic E-state index is 5.68. The second kappa shape index (κ2) is 5.30. The highest BCUT2D eigenvalue weighted by Gasteiger charge is 2.12. The van der Waals surface area contributed by atoms with Gasteiger partial charge in [-0.05, 0) is 33.8 Å². The van der Waals surface area contributed by atoms with Crippen molar-refractivity contribution in [3.8, 4) is 5.88 Å². The molecule has 5 nitrogen and oxygen atoms in total. The highest BCUT2D eigenvalue weighted by atomic mass is 32.1. The smallest absolute Gasteiger partial charge is 0.227 e. The van der Waals surface area contributed by atoms with Gasteiger partial charge < -0.3 is 15.2 Å². The number of aromatic nitrogens is 2. The first-order chi connectivity index (χ1) is 8.85. The van der Waals surface area contributed by atoms with Gasteiger partial charge in [-0.25, -0.2) is 4.98 Å². The number of fused-ring (bicyclic) bond motifs is 1. The van der Waals surface area contributed by atoms with Crippen LogP contribution < -0.4 is 10.5 Å². The average Bonchev–Trinajstić information content (AvgIpc) is 2.63. The summed E-state index contributed by atoms with van der Waals surface area (Å²) in [5.41, 5.74) is 5.52. The minimum atomic E-state index is -0.164. The standard InChI is InChI=1S/C13H19N3O2S/c1-8-7-9-10(15-12(14)16-11(9)19-8)17-5-6-18-13(2,3)4/h7H,5-6H2,1-4H3,(H2,14,15,16). The summed E-state index contributed by atoms with van der Waals surface area (Å²) < 4.78 is 11.3. The predicted octanol–water partition coefficient (Wildman–Crippen LogP) is 2.78. The van der Waals surface area contributed by atoms with Crippen molar-refractivity contribution in [2.75, 3.05) is 18.9 Å². The van der Waals surface area contributed by atoms with Crippen LogP contribution in [0.25, 0.3) is 10.2 Å². The lowest BCUT2D eigenvalue weighted by atomic mass is 10.2. The van der Waals surface area contributed by atoms with E-state index in [9.17, 15) is 0 Å². The number of hydrogen-bond acceptors (Lipinski definition) is 6. The molecule has 2 aromatic heterocycles. The molecule has 0 unspecified atom stereocenters.